The molecule has 3 rings (SSSR count). The van der Waals surface area contributed by atoms with Crippen molar-refractivity contribution < 1.29 is 19.4 Å². The Labute approximate surface area is 149 Å². The molecule has 0 unspecified atom stereocenters. The topological polar surface area (TPSA) is 62.2 Å². The number of carbonyl (C=O) groups excluding carboxylic acids is 1. The van der Waals surface area contributed by atoms with Gasteiger partial charge in [-0.3, -0.25) is 9.69 Å². The summed E-state index contributed by atoms with van der Waals surface area (Å²) < 4.78 is 10.7. The maximum atomic E-state index is 12.7. The van der Waals surface area contributed by atoms with Gasteiger partial charge in [0.15, 0.2) is 0 Å². The van der Waals surface area contributed by atoms with Crippen molar-refractivity contribution in [3.8, 4) is 5.75 Å². The number of benzene rings is 1. The van der Waals surface area contributed by atoms with Crippen LogP contribution in [0.1, 0.15) is 17.5 Å². The molecule has 2 aliphatic rings. The van der Waals surface area contributed by atoms with Crippen LogP contribution in [0.2, 0.25) is 0 Å². The molecule has 0 bridgehead atoms. The van der Waals surface area contributed by atoms with Crippen molar-refractivity contribution in [1.29, 1.82) is 0 Å². The largest absolute Gasteiger partial charge is 0.496 e. The Morgan fingerprint density at radius 1 is 1.32 bits per heavy atom. The Morgan fingerprint density at radius 2 is 2.08 bits per heavy atom. The van der Waals surface area contributed by atoms with Crippen LogP contribution in [0.15, 0.2) is 18.2 Å². The van der Waals surface area contributed by atoms with Gasteiger partial charge in [0.1, 0.15) is 5.75 Å². The van der Waals surface area contributed by atoms with Gasteiger partial charge in [-0.25, -0.2) is 0 Å². The molecule has 0 aliphatic carbocycles. The smallest absolute Gasteiger partial charge is 0.227 e. The van der Waals surface area contributed by atoms with Crippen LogP contribution in [0, 0.1) is 6.92 Å². The van der Waals surface area contributed by atoms with Crippen molar-refractivity contribution >= 4 is 5.91 Å². The fourth-order valence-corrected chi connectivity index (χ4v) is 3.69. The predicted molar refractivity (Wildman–Crippen MR) is 94.8 cm³/mol. The molecule has 0 spiro atoms. The summed E-state index contributed by atoms with van der Waals surface area (Å²) in [5.41, 5.74) is 1.19. The van der Waals surface area contributed by atoms with Crippen LogP contribution in [-0.4, -0.2) is 79.5 Å². The molecule has 0 radical (unpaired) electrons. The maximum Gasteiger partial charge on any atom is 0.227 e. The Morgan fingerprint density at radius 3 is 2.80 bits per heavy atom. The van der Waals surface area contributed by atoms with Gasteiger partial charge in [-0.1, -0.05) is 17.7 Å². The van der Waals surface area contributed by atoms with E-state index in [1.807, 2.05) is 25.1 Å². The number of carbonyl (C=O) groups is 1. The van der Waals surface area contributed by atoms with Gasteiger partial charge in [0.05, 0.1) is 38.9 Å². The Balaban J connectivity index is 1.59. The number of morpholine rings is 1. The maximum absolute atomic E-state index is 12.7. The van der Waals surface area contributed by atoms with E-state index in [1.165, 1.54) is 0 Å². The third kappa shape index (κ3) is 4.51. The van der Waals surface area contributed by atoms with E-state index in [-0.39, 0.29) is 5.91 Å². The quantitative estimate of drug-likeness (QED) is 0.854. The highest BCUT2D eigenvalue weighted by molar-refractivity contribution is 5.80. The van der Waals surface area contributed by atoms with Crippen LogP contribution in [-0.2, 0) is 16.0 Å². The van der Waals surface area contributed by atoms with Crippen LogP contribution < -0.4 is 4.74 Å². The standard InChI is InChI=1S/C19H28N2O4/c1-15-3-4-17(24-2)16(11-15)12-18(22)21-6-5-19(23,14-21)13-20-7-9-25-10-8-20/h3-4,11,23H,5-10,12-14H2,1-2H3/t19-/m0/s1. The molecule has 1 aromatic rings. The van der Waals surface area contributed by atoms with E-state index < -0.39 is 5.60 Å². The molecular formula is C19H28N2O4. The second-order valence-corrected chi connectivity index (χ2v) is 7.17. The predicted octanol–water partition coefficient (Wildman–Crippen LogP) is 0.842. The fourth-order valence-electron chi connectivity index (χ4n) is 3.69. The third-order valence-electron chi connectivity index (χ3n) is 5.08. The summed E-state index contributed by atoms with van der Waals surface area (Å²) in [5, 5.41) is 10.9. The van der Waals surface area contributed by atoms with Gasteiger partial charge in [0, 0.05) is 31.7 Å². The Bertz CT molecular complexity index is 615. The number of likely N-dealkylation sites (tertiary alicyclic amines) is 1. The molecule has 2 aliphatic heterocycles. The molecule has 1 atom stereocenters. The van der Waals surface area contributed by atoms with Gasteiger partial charge in [-0.15, -0.1) is 0 Å². The van der Waals surface area contributed by atoms with Crippen LogP contribution >= 0.6 is 0 Å². The summed E-state index contributed by atoms with van der Waals surface area (Å²) in [4.78, 5) is 16.7. The summed E-state index contributed by atoms with van der Waals surface area (Å²) >= 11 is 0. The second-order valence-electron chi connectivity index (χ2n) is 7.17. The normalized spacial score (nSPS) is 24.5. The molecule has 2 fully saturated rings. The van der Waals surface area contributed by atoms with E-state index in [4.69, 9.17) is 9.47 Å². The lowest BCUT2D eigenvalue weighted by atomic mass is 10.0. The molecule has 25 heavy (non-hydrogen) atoms. The van der Waals surface area contributed by atoms with Gasteiger partial charge in [-0.05, 0) is 19.4 Å². The van der Waals surface area contributed by atoms with Gasteiger partial charge in [-0.2, -0.15) is 0 Å². The summed E-state index contributed by atoms with van der Waals surface area (Å²) in [6.45, 7) is 6.73. The molecule has 2 heterocycles. The van der Waals surface area contributed by atoms with Gasteiger partial charge >= 0.3 is 0 Å². The SMILES string of the molecule is COc1ccc(C)cc1CC(=O)N1CC[C@](O)(CN2CCOCC2)C1. The monoisotopic (exact) mass is 348 g/mol. The number of hydrogen-bond donors (Lipinski definition) is 1. The van der Waals surface area contributed by atoms with Crippen LogP contribution in [0.4, 0.5) is 0 Å². The van der Waals surface area contributed by atoms with Crippen molar-refractivity contribution in [2.75, 3.05) is 53.0 Å². The first kappa shape index (κ1) is 18.2. The van der Waals surface area contributed by atoms with E-state index >= 15 is 0 Å². The third-order valence-corrected chi connectivity index (χ3v) is 5.08. The number of hydrogen-bond acceptors (Lipinski definition) is 5. The number of ether oxygens (including phenoxy) is 2. The highest BCUT2D eigenvalue weighted by Crippen LogP contribution is 2.26. The first-order chi connectivity index (χ1) is 12.0. The van der Waals surface area contributed by atoms with E-state index in [9.17, 15) is 9.90 Å². The number of methoxy groups -OCH3 is 1. The average Bonchev–Trinajstić information content (AvgIpc) is 2.98. The first-order valence-corrected chi connectivity index (χ1v) is 8.93. The molecule has 1 aromatic carbocycles. The molecule has 1 amide bonds. The van der Waals surface area contributed by atoms with Crippen molar-refractivity contribution in [3.05, 3.63) is 29.3 Å². The minimum atomic E-state index is -0.816. The zero-order chi connectivity index (χ0) is 17.9. The molecule has 138 valence electrons. The van der Waals surface area contributed by atoms with Crippen molar-refractivity contribution in [1.82, 2.24) is 9.80 Å². The van der Waals surface area contributed by atoms with Gasteiger partial charge < -0.3 is 19.5 Å². The van der Waals surface area contributed by atoms with Crippen LogP contribution in [0.25, 0.3) is 0 Å². The number of nitrogens with zero attached hydrogens (tertiary/aromatic N) is 2. The van der Waals surface area contributed by atoms with E-state index in [0.29, 0.717) is 45.7 Å². The number of aryl methyl sites for hydroxylation is 1. The summed E-state index contributed by atoms with van der Waals surface area (Å²) in [5.74, 6) is 0.781. The van der Waals surface area contributed by atoms with Crippen molar-refractivity contribution in [2.24, 2.45) is 0 Å². The minimum Gasteiger partial charge on any atom is -0.496 e. The number of aliphatic hydroxyl groups is 1. The van der Waals surface area contributed by atoms with E-state index in [2.05, 4.69) is 4.90 Å². The molecule has 1 N–H and O–H groups in total. The summed E-state index contributed by atoms with van der Waals surface area (Å²) in [6.07, 6.45) is 0.930. The highest BCUT2D eigenvalue weighted by atomic mass is 16.5. The zero-order valence-corrected chi connectivity index (χ0v) is 15.2. The number of amides is 1. The highest BCUT2D eigenvalue weighted by Gasteiger charge is 2.39. The second kappa shape index (κ2) is 7.72. The van der Waals surface area contributed by atoms with Gasteiger partial charge in [0.2, 0.25) is 5.91 Å². The van der Waals surface area contributed by atoms with E-state index in [1.54, 1.807) is 12.0 Å². The molecular weight excluding hydrogens is 320 g/mol. The molecule has 0 saturated carbocycles. The average molecular weight is 348 g/mol. The number of β-amino-alcohol motifs (C(OH)–C–C–N with tert-alkyl or cyclic N) is 1. The summed E-state index contributed by atoms with van der Waals surface area (Å²) in [6, 6.07) is 5.87. The minimum absolute atomic E-state index is 0.0433. The molecule has 0 aromatic heterocycles. The molecule has 6 nitrogen and oxygen atoms in total. The lowest BCUT2D eigenvalue weighted by Gasteiger charge is -2.33. The molecule has 2 saturated heterocycles. The Hall–Kier alpha value is -1.63. The van der Waals surface area contributed by atoms with Crippen molar-refractivity contribution in [2.45, 2.75) is 25.4 Å². The lowest BCUT2D eigenvalue weighted by molar-refractivity contribution is -0.130. The zero-order valence-electron chi connectivity index (χ0n) is 15.2. The number of rotatable bonds is 5. The first-order valence-electron chi connectivity index (χ1n) is 8.93. The van der Waals surface area contributed by atoms with Gasteiger partial charge in [0.25, 0.3) is 0 Å². The fraction of sp³-hybridized carbons (Fsp3) is 0.632. The van der Waals surface area contributed by atoms with Crippen molar-refractivity contribution in [3.63, 3.8) is 0 Å². The van der Waals surface area contributed by atoms with Crippen LogP contribution in [0.5, 0.6) is 5.75 Å². The molecule has 6 heteroatoms. The summed E-state index contributed by atoms with van der Waals surface area (Å²) in [7, 11) is 1.62. The van der Waals surface area contributed by atoms with E-state index in [0.717, 1.165) is 30.0 Å². The van der Waals surface area contributed by atoms with Crippen LogP contribution in [0.3, 0.4) is 0 Å². The lowest BCUT2D eigenvalue weighted by Crippen LogP contribution is -2.49. The Kier molecular flexibility index (Phi) is 5.61.